The number of aromatic nitrogens is 4. The highest BCUT2D eigenvalue weighted by atomic mass is 16.3. The summed E-state index contributed by atoms with van der Waals surface area (Å²) < 4.78 is 17.1. The highest BCUT2D eigenvalue weighted by Crippen LogP contribution is 2.45. The van der Waals surface area contributed by atoms with Crippen LogP contribution in [0.3, 0.4) is 0 Å². The maximum Gasteiger partial charge on any atom is 0.159 e. The third-order valence-corrected chi connectivity index (χ3v) is 13.8. The molecule has 0 atom stereocenters. The van der Waals surface area contributed by atoms with E-state index < -0.39 is 0 Å². The van der Waals surface area contributed by atoms with E-state index in [2.05, 4.69) is 231 Å². The van der Waals surface area contributed by atoms with Crippen LogP contribution in [0.2, 0.25) is 0 Å². The Morgan fingerprint density at radius 3 is 1.02 bits per heavy atom. The Hall–Kier alpha value is -8.98. The van der Waals surface area contributed by atoms with Gasteiger partial charge in [-0.2, -0.15) is 0 Å². The van der Waals surface area contributed by atoms with Gasteiger partial charge >= 0.3 is 0 Å². The van der Waals surface area contributed by atoms with Gasteiger partial charge in [0.15, 0.2) is 11.2 Å². The Morgan fingerprint density at radius 2 is 0.615 bits per heavy atom. The van der Waals surface area contributed by atoms with Crippen molar-refractivity contribution in [3.05, 3.63) is 218 Å². The zero-order valence-electron chi connectivity index (χ0n) is 34.8. The Kier molecular flexibility index (Phi) is 6.81. The third kappa shape index (κ3) is 4.62. The predicted molar refractivity (Wildman–Crippen MR) is 269 cm³/mol. The van der Waals surface area contributed by atoms with E-state index in [1.807, 2.05) is 6.07 Å². The van der Waals surface area contributed by atoms with E-state index in [0.29, 0.717) is 0 Å². The minimum Gasteiger partial charge on any atom is -0.452 e. The van der Waals surface area contributed by atoms with Crippen LogP contribution >= 0.6 is 0 Å². The molecule has 0 aliphatic rings. The zero-order chi connectivity index (χ0) is 42.3. The predicted octanol–water partition coefficient (Wildman–Crippen LogP) is 15.6. The molecule has 5 aromatic heterocycles. The van der Waals surface area contributed by atoms with Gasteiger partial charge in [-0.3, -0.25) is 4.57 Å². The van der Waals surface area contributed by atoms with E-state index in [4.69, 9.17) is 4.42 Å². The molecule has 0 saturated heterocycles. The topological polar surface area (TPSA) is 32.9 Å². The van der Waals surface area contributed by atoms with Crippen LogP contribution in [-0.2, 0) is 0 Å². The van der Waals surface area contributed by atoms with Gasteiger partial charge in [0.05, 0.1) is 50.0 Å². The van der Waals surface area contributed by atoms with Crippen LogP contribution in [0.15, 0.2) is 211 Å². The molecule has 5 heteroatoms. The summed E-state index contributed by atoms with van der Waals surface area (Å²) in [7, 11) is 0. The summed E-state index contributed by atoms with van der Waals surface area (Å²) in [6, 6.07) is 81.3. The van der Waals surface area contributed by atoms with Crippen LogP contribution in [0.4, 0.5) is 0 Å². The molecule has 0 aliphatic heterocycles. The molecular formula is C60H34N4O. The van der Waals surface area contributed by atoms with Gasteiger partial charge in [0.25, 0.3) is 0 Å². The number of para-hydroxylation sites is 7. The maximum absolute atomic E-state index is 7.57. The van der Waals surface area contributed by atoms with E-state index in [0.717, 1.165) is 99.6 Å². The van der Waals surface area contributed by atoms with Gasteiger partial charge in [-0.05, 0) is 84.9 Å². The molecule has 0 fully saturated rings. The molecule has 15 rings (SSSR count). The summed E-state index contributed by atoms with van der Waals surface area (Å²) in [6.07, 6.45) is 0. The number of hydrogen-bond acceptors (Lipinski definition) is 1. The Bertz CT molecular complexity index is 3990. The highest BCUT2D eigenvalue weighted by molar-refractivity contribution is 6.18. The lowest BCUT2D eigenvalue weighted by molar-refractivity contribution is 0.663. The van der Waals surface area contributed by atoms with Crippen molar-refractivity contribution in [3.63, 3.8) is 0 Å². The van der Waals surface area contributed by atoms with Crippen LogP contribution in [0, 0.1) is 12.1 Å². The summed E-state index contributed by atoms with van der Waals surface area (Å²) in [4.78, 5) is 0. The average molecular weight is 827 g/mol. The minimum absolute atomic E-state index is 0.797. The number of fused-ring (bicyclic) bond motifs is 15. The lowest BCUT2D eigenvalue weighted by Gasteiger charge is -2.14. The summed E-state index contributed by atoms with van der Waals surface area (Å²) in [5.74, 6) is 0. The summed E-state index contributed by atoms with van der Waals surface area (Å²) >= 11 is 0. The normalized spacial score (nSPS) is 12.2. The van der Waals surface area contributed by atoms with E-state index in [1.165, 1.54) is 32.3 Å². The number of furan rings is 1. The zero-order valence-corrected chi connectivity index (χ0v) is 34.8. The van der Waals surface area contributed by atoms with Gasteiger partial charge < -0.3 is 18.1 Å². The highest BCUT2D eigenvalue weighted by Gasteiger charge is 2.25. The molecule has 10 aromatic carbocycles. The first-order valence-electron chi connectivity index (χ1n) is 22.1. The molecule has 0 aliphatic carbocycles. The number of nitrogens with zero attached hydrogens (tertiary/aromatic N) is 4. The quantitative estimate of drug-likeness (QED) is 0.174. The van der Waals surface area contributed by atoms with E-state index in [9.17, 15) is 0 Å². The third-order valence-electron chi connectivity index (χ3n) is 13.8. The molecule has 0 unspecified atom stereocenters. The van der Waals surface area contributed by atoms with Gasteiger partial charge in [0.2, 0.25) is 0 Å². The van der Waals surface area contributed by atoms with Crippen LogP contribution in [0.25, 0.3) is 132 Å². The van der Waals surface area contributed by atoms with Crippen LogP contribution < -0.4 is 0 Å². The Labute approximate surface area is 371 Å². The van der Waals surface area contributed by atoms with Crippen molar-refractivity contribution >= 4 is 109 Å². The van der Waals surface area contributed by atoms with Crippen molar-refractivity contribution in [1.82, 2.24) is 18.3 Å². The van der Waals surface area contributed by atoms with Crippen molar-refractivity contribution < 1.29 is 4.42 Å². The number of rotatable bonds is 4. The van der Waals surface area contributed by atoms with Crippen molar-refractivity contribution in [2.24, 2.45) is 0 Å². The van der Waals surface area contributed by atoms with Gasteiger partial charge in [-0.1, -0.05) is 133 Å². The van der Waals surface area contributed by atoms with E-state index >= 15 is 0 Å². The second kappa shape index (κ2) is 12.8. The molecular weight excluding hydrogens is 793 g/mol. The van der Waals surface area contributed by atoms with Gasteiger partial charge in [0, 0.05) is 65.2 Å². The summed E-state index contributed by atoms with van der Waals surface area (Å²) in [5, 5.41) is 11.6. The molecule has 5 heterocycles. The molecule has 300 valence electrons. The maximum atomic E-state index is 7.57. The fourth-order valence-electron chi connectivity index (χ4n) is 11.1. The lowest BCUT2D eigenvalue weighted by Crippen LogP contribution is -2.00. The van der Waals surface area contributed by atoms with Crippen LogP contribution in [-0.4, -0.2) is 18.3 Å². The molecule has 5 nitrogen and oxygen atoms in total. The van der Waals surface area contributed by atoms with Crippen molar-refractivity contribution in [1.29, 1.82) is 0 Å². The molecule has 0 saturated carbocycles. The summed E-state index contributed by atoms with van der Waals surface area (Å²) in [6.45, 7) is 0. The minimum atomic E-state index is 0.797. The number of hydrogen-bond donors (Lipinski definition) is 0. The number of benzene rings is 9. The Morgan fingerprint density at radius 1 is 0.292 bits per heavy atom. The van der Waals surface area contributed by atoms with Gasteiger partial charge in [-0.15, -0.1) is 0 Å². The lowest BCUT2D eigenvalue weighted by atomic mass is 10.1. The monoisotopic (exact) mass is 826 g/mol. The second-order valence-electron chi connectivity index (χ2n) is 17.1. The van der Waals surface area contributed by atoms with Crippen molar-refractivity contribution in [3.8, 4) is 22.7 Å². The first-order valence-corrected chi connectivity index (χ1v) is 22.1. The van der Waals surface area contributed by atoms with Gasteiger partial charge in [-0.25, -0.2) is 0 Å². The molecule has 0 N–H and O–H groups in total. The van der Waals surface area contributed by atoms with Gasteiger partial charge in [0.1, 0.15) is 5.52 Å². The van der Waals surface area contributed by atoms with Crippen molar-refractivity contribution in [2.75, 3.05) is 0 Å². The molecule has 0 spiro atoms. The largest absolute Gasteiger partial charge is 0.452 e. The average Bonchev–Trinajstić information content (AvgIpc) is 4.17. The van der Waals surface area contributed by atoms with E-state index in [1.54, 1.807) is 0 Å². The smallest absolute Gasteiger partial charge is 0.159 e. The van der Waals surface area contributed by atoms with Crippen molar-refractivity contribution in [2.45, 2.75) is 0 Å². The van der Waals surface area contributed by atoms with Crippen LogP contribution in [0.5, 0.6) is 0 Å². The standard InChI is InChI=1S/C60H34N4O/c1-9-25-49-39(17-1)40-18-2-10-26-50(40)61(49)37-33-47-48-34-38(62-51-27-11-3-19-41(51)42-20-4-12-28-52(42)62)36-58(64-55-31-15-7-23-45(55)46-24-8-16-32-56(46)64)60(48)65-59(47)57(35-37)63-53-29-13-5-21-43(53)44-22-6-14-30-54(44)63/h1-15,17-31,33-36H. The molecule has 0 radical (unpaired) electrons. The fourth-order valence-corrected chi connectivity index (χ4v) is 11.1. The SMILES string of the molecule is c1ccc2c3ccccc3n(-c3cc(-n4c5ccccc5c5ccccc54)cc4c3oc3c(-n5c6ccccc6c6ccccc65)cc(-n5c6ccccc6c6ccccc65)cc34)c2c#1. The first-order chi connectivity index (χ1) is 32.3. The van der Waals surface area contributed by atoms with Crippen LogP contribution in [0.1, 0.15) is 0 Å². The molecule has 0 bridgehead atoms. The first kappa shape index (κ1) is 34.6. The summed E-state index contributed by atoms with van der Waals surface area (Å²) in [5.41, 5.74) is 14.5. The Balaban J connectivity index is 1.17. The second-order valence-corrected chi connectivity index (χ2v) is 17.1. The molecule has 15 aromatic rings. The van der Waals surface area contributed by atoms with E-state index in [-0.39, 0.29) is 0 Å². The fraction of sp³-hybridized carbons (Fsp3) is 0. The molecule has 0 amide bonds. The molecule has 65 heavy (non-hydrogen) atoms.